The molecule has 1 N–H and O–H groups in total. The van der Waals surface area contributed by atoms with Gasteiger partial charge in [0.05, 0.1) is 0 Å². The Balaban J connectivity index is 1.38. The van der Waals surface area contributed by atoms with Gasteiger partial charge in [-0.3, -0.25) is 0 Å². The summed E-state index contributed by atoms with van der Waals surface area (Å²) >= 11 is 0. The Morgan fingerprint density at radius 1 is 1.06 bits per heavy atom. The molecule has 4 rings (SSSR count). The molecule has 4 fully saturated rings. The van der Waals surface area contributed by atoms with Crippen LogP contribution in [0, 0.1) is 35.5 Å². The van der Waals surface area contributed by atoms with E-state index >= 15 is 0 Å². The van der Waals surface area contributed by atoms with E-state index in [0.29, 0.717) is 0 Å². The van der Waals surface area contributed by atoms with Crippen LogP contribution in [-0.4, -0.2) is 12.6 Å². The second-order valence-electron chi connectivity index (χ2n) is 7.67. The molecule has 4 aliphatic carbocycles. The monoisotopic (exact) mass is 247 g/mol. The van der Waals surface area contributed by atoms with Crippen LogP contribution in [0.2, 0.25) is 0 Å². The molecule has 4 aliphatic rings. The fourth-order valence-corrected chi connectivity index (χ4v) is 6.10. The average Bonchev–Trinajstić information content (AvgIpc) is 2.86. The molecule has 0 radical (unpaired) electrons. The average molecular weight is 247 g/mol. The van der Waals surface area contributed by atoms with E-state index in [2.05, 4.69) is 12.2 Å². The molecule has 1 nitrogen and oxygen atoms in total. The lowest BCUT2D eigenvalue weighted by molar-refractivity contribution is 0.256. The largest absolute Gasteiger partial charge is 0.314 e. The van der Waals surface area contributed by atoms with Gasteiger partial charge in [-0.25, -0.2) is 0 Å². The lowest BCUT2D eigenvalue weighted by Crippen LogP contribution is -2.35. The van der Waals surface area contributed by atoms with Crippen molar-refractivity contribution in [3.05, 3.63) is 0 Å². The molecule has 0 aliphatic heterocycles. The summed E-state index contributed by atoms with van der Waals surface area (Å²) in [4.78, 5) is 0. The van der Waals surface area contributed by atoms with E-state index in [4.69, 9.17) is 0 Å². The molecule has 6 unspecified atom stereocenters. The third-order valence-electron chi connectivity index (χ3n) is 6.84. The van der Waals surface area contributed by atoms with Gasteiger partial charge in [0.1, 0.15) is 0 Å². The van der Waals surface area contributed by atoms with Crippen LogP contribution >= 0.6 is 0 Å². The van der Waals surface area contributed by atoms with Crippen molar-refractivity contribution < 1.29 is 0 Å². The first-order valence-corrected chi connectivity index (χ1v) is 8.60. The lowest BCUT2D eigenvalue weighted by Gasteiger charge is -2.28. The highest BCUT2D eigenvalue weighted by Crippen LogP contribution is 2.60. The highest BCUT2D eigenvalue weighted by molar-refractivity contribution is 5.07. The summed E-state index contributed by atoms with van der Waals surface area (Å²) < 4.78 is 0. The van der Waals surface area contributed by atoms with Crippen molar-refractivity contribution in [3.8, 4) is 0 Å². The summed E-state index contributed by atoms with van der Waals surface area (Å²) in [7, 11) is 0. The molecule has 0 aromatic rings. The summed E-state index contributed by atoms with van der Waals surface area (Å²) in [5, 5.41) is 3.86. The van der Waals surface area contributed by atoms with Gasteiger partial charge >= 0.3 is 0 Å². The Bertz CT molecular complexity index is 303. The first kappa shape index (κ1) is 11.8. The van der Waals surface area contributed by atoms with E-state index in [-0.39, 0.29) is 0 Å². The lowest BCUT2D eigenvalue weighted by atomic mass is 9.82. The van der Waals surface area contributed by atoms with Crippen LogP contribution in [0.4, 0.5) is 0 Å². The Kier molecular flexibility index (Phi) is 2.94. The quantitative estimate of drug-likeness (QED) is 0.778. The fourth-order valence-electron chi connectivity index (χ4n) is 6.10. The summed E-state index contributed by atoms with van der Waals surface area (Å²) in [5.41, 5.74) is 0. The number of rotatable bonds is 5. The number of nitrogens with one attached hydrogen (secondary N) is 1. The maximum absolute atomic E-state index is 3.86. The van der Waals surface area contributed by atoms with Gasteiger partial charge in [-0.2, -0.15) is 0 Å². The molecule has 2 bridgehead atoms. The Morgan fingerprint density at radius 2 is 1.89 bits per heavy atom. The van der Waals surface area contributed by atoms with Crippen LogP contribution in [0.15, 0.2) is 0 Å². The minimum Gasteiger partial charge on any atom is -0.314 e. The normalized spacial score (nSPS) is 50.5. The first-order valence-electron chi connectivity index (χ1n) is 8.60. The zero-order chi connectivity index (χ0) is 12.1. The number of hydrogen-bond acceptors (Lipinski definition) is 1. The van der Waals surface area contributed by atoms with E-state index in [1.54, 1.807) is 38.5 Å². The zero-order valence-corrected chi connectivity index (χ0v) is 11.9. The van der Waals surface area contributed by atoms with Crippen LogP contribution in [0.25, 0.3) is 0 Å². The van der Waals surface area contributed by atoms with Gasteiger partial charge in [0, 0.05) is 6.04 Å². The first-order chi connectivity index (χ1) is 8.86. The standard InChI is InChI=1S/C17H29N/c1-2-18-16(17-14-4-3-5-15(14)17)10-13-9-11-6-7-12(13)8-11/h11-18H,2-10H2,1H3. The van der Waals surface area contributed by atoms with Crippen LogP contribution in [0.1, 0.15) is 58.3 Å². The molecule has 0 saturated heterocycles. The second kappa shape index (κ2) is 4.51. The predicted molar refractivity (Wildman–Crippen MR) is 75.3 cm³/mol. The molecule has 4 saturated carbocycles. The summed E-state index contributed by atoms with van der Waals surface area (Å²) in [6, 6.07) is 0.884. The number of fused-ring (bicyclic) bond motifs is 3. The van der Waals surface area contributed by atoms with Crippen LogP contribution in [-0.2, 0) is 0 Å². The third kappa shape index (κ3) is 1.85. The zero-order valence-electron chi connectivity index (χ0n) is 11.9. The van der Waals surface area contributed by atoms with E-state index in [1.165, 1.54) is 19.4 Å². The Morgan fingerprint density at radius 3 is 2.50 bits per heavy atom. The van der Waals surface area contributed by atoms with Gasteiger partial charge in [-0.05, 0) is 80.6 Å². The molecule has 0 spiro atoms. The smallest absolute Gasteiger partial charge is 0.0103 e. The van der Waals surface area contributed by atoms with Crippen molar-refractivity contribution in [2.24, 2.45) is 35.5 Å². The molecule has 102 valence electrons. The minimum atomic E-state index is 0.884. The van der Waals surface area contributed by atoms with E-state index in [1.807, 2.05) is 0 Å². The van der Waals surface area contributed by atoms with Crippen molar-refractivity contribution in [2.75, 3.05) is 6.54 Å². The van der Waals surface area contributed by atoms with Crippen LogP contribution in [0.3, 0.4) is 0 Å². The van der Waals surface area contributed by atoms with Crippen LogP contribution < -0.4 is 5.32 Å². The highest BCUT2D eigenvalue weighted by atomic mass is 14.9. The maximum atomic E-state index is 3.86. The van der Waals surface area contributed by atoms with Crippen molar-refractivity contribution in [1.82, 2.24) is 5.32 Å². The predicted octanol–water partition coefficient (Wildman–Crippen LogP) is 3.84. The Labute approximate surface area is 112 Å². The van der Waals surface area contributed by atoms with Crippen molar-refractivity contribution in [2.45, 2.75) is 64.3 Å². The topological polar surface area (TPSA) is 12.0 Å². The maximum Gasteiger partial charge on any atom is 0.0103 e. The van der Waals surface area contributed by atoms with Gasteiger partial charge in [0.2, 0.25) is 0 Å². The molecule has 18 heavy (non-hydrogen) atoms. The molecular weight excluding hydrogens is 218 g/mol. The van der Waals surface area contributed by atoms with Crippen molar-refractivity contribution >= 4 is 0 Å². The van der Waals surface area contributed by atoms with Crippen molar-refractivity contribution in [1.29, 1.82) is 0 Å². The summed E-state index contributed by atoms with van der Waals surface area (Å²) in [6.45, 7) is 3.48. The van der Waals surface area contributed by atoms with Gasteiger partial charge in [-0.15, -0.1) is 0 Å². The SMILES string of the molecule is CCNC(CC1CC2CCC1C2)C1C2CCCC21. The van der Waals surface area contributed by atoms with Crippen molar-refractivity contribution in [3.63, 3.8) is 0 Å². The van der Waals surface area contributed by atoms with E-state index in [9.17, 15) is 0 Å². The molecule has 0 aromatic heterocycles. The minimum absolute atomic E-state index is 0.884. The molecule has 6 atom stereocenters. The summed E-state index contributed by atoms with van der Waals surface area (Å²) in [5.74, 6) is 6.68. The molecule has 1 heteroatoms. The molecule has 0 amide bonds. The van der Waals surface area contributed by atoms with Gasteiger partial charge in [-0.1, -0.05) is 19.8 Å². The highest BCUT2D eigenvalue weighted by Gasteiger charge is 2.56. The molecular formula is C17H29N. The second-order valence-corrected chi connectivity index (χ2v) is 7.67. The molecule has 0 heterocycles. The summed E-state index contributed by atoms with van der Waals surface area (Å²) in [6.07, 6.45) is 12.4. The third-order valence-corrected chi connectivity index (χ3v) is 6.84. The van der Waals surface area contributed by atoms with Gasteiger partial charge < -0.3 is 5.32 Å². The van der Waals surface area contributed by atoms with Gasteiger partial charge in [0.15, 0.2) is 0 Å². The van der Waals surface area contributed by atoms with Crippen LogP contribution in [0.5, 0.6) is 0 Å². The number of hydrogen-bond donors (Lipinski definition) is 1. The fraction of sp³-hybridized carbons (Fsp3) is 1.00. The van der Waals surface area contributed by atoms with E-state index in [0.717, 1.165) is 41.5 Å². The van der Waals surface area contributed by atoms with Gasteiger partial charge in [0.25, 0.3) is 0 Å². The molecule has 0 aromatic carbocycles. The Hall–Kier alpha value is -0.0400. The van der Waals surface area contributed by atoms with E-state index < -0.39 is 0 Å².